The predicted molar refractivity (Wildman–Crippen MR) is 114 cm³/mol. The molecule has 0 spiro atoms. The number of benzene rings is 2. The fourth-order valence-corrected chi connectivity index (χ4v) is 3.39. The minimum atomic E-state index is 0.584. The molecule has 28 heavy (non-hydrogen) atoms. The molecule has 0 aliphatic heterocycles. The molecule has 2 aromatic carbocycles. The van der Waals surface area contributed by atoms with Gasteiger partial charge in [-0.2, -0.15) is 0 Å². The zero-order valence-corrected chi connectivity index (χ0v) is 16.3. The third-order valence-corrected chi connectivity index (χ3v) is 4.87. The molecule has 0 amide bonds. The van der Waals surface area contributed by atoms with Crippen LogP contribution in [0.5, 0.6) is 5.88 Å². The van der Waals surface area contributed by atoms with Gasteiger partial charge < -0.3 is 14.6 Å². The van der Waals surface area contributed by atoms with Gasteiger partial charge in [-0.05, 0) is 35.4 Å². The summed E-state index contributed by atoms with van der Waals surface area (Å²) in [7, 11) is 0. The third kappa shape index (κ3) is 4.53. The zero-order valence-electron chi connectivity index (χ0n) is 15.5. The molecule has 4 aromatic rings. The van der Waals surface area contributed by atoms with Gasteiger partial charge >= 0.3 is 0 Å². The van der Waals surface area contributed by atoms with Gasteiger partial charge in [0.15, 0.2) is 0 Å². The normalized spacial score (nSPS) is 11.0. The molecular weight excluding hydrogens is 370 g/mol. The second kappa shape index (κ2) is 8.91. The van der Waals surface area contributed by atoms with Crippen molar-refractivity contribution >= 4 is 22.5 Å². The van der Waals surface area contributed by atoms with Crippen LogP contribution in [0.1, 0.15) is 11.1 Å². The van der Waals surface area contributed by atoms with Crippen molar-refractivity contribution in [3.8, 4) is 5.88 Å². The minimum absolute atomic E-state index is 0.584. The molecule has 5 heteroatoms. The molecule has 2 aromatic heterocycles. The Morgan fingerprint density at radius 1 is 0.964 bits per heavy atom. The van der Waals surface area contributed by atoms with Crippen molar-refractivity contribution in [3.05, 3.63) is 95.3 Å². The number of rotatable bonds is 8. The van der Waals surface area contributed by atoms with Crippen molar-refractivity contribution in [1.29, 1.82) is 0 Å². The standard InChI is InChI=1S/C23H22ClN3O/c24-20-10-8-18(9-11-20)16-27-17-19(21-5-1-2-6-22(21)27)15-25-13-14-28-23-7-3-4-12-26-23/h1-12,17,25H,13-16H2. The van der Waals surface area contributed by atoms with Crippen molar-refractivity contribution in [2.45, 2.75) is 13.1 Å². The lowest BCUT2D eigenvalue weighted by molar-refractivity contribution is 0.302. The fraction of sp³-hybridized carbons (Fsp3) is 0.174. The van der Waals surface area contributed by atoms with Gasteiger partial charge in [0.05, 0.1) is 0 Å². The van der Waals surface area contributed by atoms with E-state index in [-0.39, 0.29) is 0 Å². The van der Waals surface area contributed by atoms with E-state index in [1.54, 1.807) is 6.20 Å². The number of hydrogen-bond acceptors (Lipinski definition) is 3. The maximum absolute atomic E-state index is 6.01. The highest BCUT2D eigenvalue weighted by atomic mass is 35.5. The van der Waals surface area contributed by atoms with E-state index in [1.165, 1.54) is 22.0 Å². The van der Waals surface area contributed by atoms with Gasteiger partial charge in [0, 0.05) is 54.0 Å². The summed E-state index contributed by atoms with van der Waals surface area (Å²) in [5, 5.41) is 5.50. The van der Waals surface area contributed by atoms with Crippen LogP contribution in [0.25, 0.3) is 10.9 Å². The molecule has 0 radical (unpaired) electrons. The molecule has 0 atom stereocenters. The van der Waals surface area contributed by atoms with Crippen molar-refractivity contribution in [2.24, 2.45) is 0 Å². The highest BCUT2D eigenvalue weighted by Crippen LogP contribution is 2.23. The molecule has 0 fully saturated rings. The maximum atomic E-state index is 6.01. The second-order valence-corrected chi connectivity index (χ2v) is 7.06. The van der Waals surface area contributed by atoms with Gasteiger partial charge in [-0.25, -0.2) is 4.98 Å². The first kappa shape index (κ1) is 18.5. The smallest absolute Gasteiger partial charge is 0.213 e. The lowest BCUT2D eigenvalue weighted by atomic mass is 10.2. The van der Waals surface area contributed by atoms with E-state index in [2.05, 4.69) is 57.5 Å². The minimum Gasteiger partial charge on any atom is -0.476 e. The van der Waals surface area contributed by atoms with Gasteiger partial charge in [-0.3, -0.25) is 0 Å². The molecule has 4 rings (SSSR count). The van der Waals surface area contributed by atoms with E-state index in [9.17, 15) is 0 Å². The van der Waals surface area contributed by atoms with Crippen LogP contribution in [-0.2, 0) is 13.1 Å². The van der Waals surface area contributed by atoms with Crippen LogP contribution >= 0.6 is 11.6 Å². The van der Waals surface area contributed by atoms with Gasteiger partial charge in [-0.1, -0.05) is 48.0 Å². The summed E-state index contributed by atoms with van der Waals surface area (Å²) in [6, 6.07) is 22.2. The monoisotopic (exact) mass is 391 g/mol. The average molecular weight is 392 g/mol. The van der Waals surface area contributed by atoms with Gasteiger partial charge in [-0.15, -0.1) is 0 Å². The van der Waals surface area contributed by atoms with Crippen molar-refractivity contribution in [1.82, 2.24) is 14.9 Å². The summed E-state index contributed by atoms with van der Waals surface area (Å²) < 4.78 is 7.93. The number of nitrogens with one attached hydrogen (secondary N) is 1. The highest BCUT2D eigenvalue weighted by molar-refractivity contribution is 6.30. The maximum Gasteiger partial charge on any atom is 0.213 e. The fourth-order valence-electron chi connectivity index (χ4n) is 3.26. The molecule has 142 valence electrons. The molecule has 0 saturated carbocycles. The molecule has 4 nitrogen and oxygen atoms in total. The van der Waals surface area contributed by atoms with Gasteiger partial charge in [0.1, 0.15) is 6.61 Å². The highest BCUT2D eigenvalue weighted by Gasteiger charge is 2.08. The van der Waals surface area contributed by atoms with Crippen molar-refractivity contribution in [3.63, 3.8) is 0 Å². The number of nitrogens with zero attached hydrogens (tertiary/aromatic N) is 2. The second-order valence-electron chi connectivity index (χ2n) is 6.62. The van der Waals surface area contributed by atoms with Crippen molar-refractivity contribution in [2.75, 3.05) is 13.2 Å². The Hall–Kier alpha value is -2.82. The van der Waals surface area contributed by atoms with Gasteiger partial charge in [0.25, 0.3) is 0 Å². The van der Waals surface area contributed by atoms with E-state index in [0.717, 1.165) is 24.7 Å². The third-order valence-electron chi connectivity index (χ3n) is 4.62. The SMILES string of the molecule is Clc1ccc(Cn2cc(CNCCOc3ccccn3)c3ccccc32)cc1. The summed E-state index contributed by atoms with van der Waals surface area (Å²) in [5.74, 6) is 0.656. The number of ether oxygens (including phenoxy) is 1. The van der Waals surface area contributed by atoms with Crippen LogP contribution in [0.3, 0.4) is 0 Å². The lowest BCUT2D eigenvalue weighted by Crippen LogP contribution is -2.20. The van der Waals surface area contributed by atoms with E-state index < -0.39 is 0 Å². The summed E-state index contributed by atoms with van der Waals surface area (Å²) in [6.45, 7) is 2.95. The molecule has 0 saturated heterocycles. The van der Waals surface area contributed by atoms with E-state index in [0.29, 0.717) is 12.5 Å². The number of hydrogen-bond donors (Lipinski definition) is 1. The summed E-state index contributed by atoms with van der Waals surface area (Å²) in [4.78, 5) is 4.16. The van der Waals surface area contributed by atoms with Crippen LogP contribution in [-0.4, -0.2) is 22.7 Å². The Bertz CT molecular complexity index is 1030. The van der Waals surface area contributed by atoms with E-state index >= 15 is 0 Å². The lowest BCUT2D eigenvalue weighted by Gasteiger charge is -2.06. The Labute approximate surface area is 169 Å². The summed E-state index contributed by atoms with van der Waals surface area (Å²) in [6.07, 6.45) is 3.96. The predicted octanol–water partition coefficient (Wildman–Crippen LogP) is 4.91. The number of halogens is 1. The largest absolute Gasteiger partial charge is 0.476 e. The Balaban J connectivity index is 1.40. The van der Waals surface area contributed by atoms with Gasteiger partial charge in [0.2, 0.25) is 5.88 Å². The number of pyridine rings is 1. The quantitative estimate of drug-likeness (QED) is 0.434. The topological polar surface area (TPSA) is 39.1 Å². The first-order valence-corrected chi connectivity index (χ1v) is 9.73. The average Bonchev–Trinajstić information content (AvgIpc) is 3.08. The molecule has 0 bridgehead atoms. The Morgan fingerprint density at radius 3 is 2.61 bits per heavy atom. The summed E-state index contributed by atoms with van der Waals surface area (Å²) in [5.41, 5.74) is 3.75. The first-order valence-electron chi connectivity index (χ1n) is 9.35. The number of para-hydroxylation sites is 1. The van der Waals surface area contributed by atoms with Crippen LogP contribution < -0.4 is 10.1 Å². The van der Waals surface area contributed by atoms with E-state index in [4.69, 9.17) is 16.3 Å². The van der Waals surface area contributed by atoms with Crippen LogP contribution in [0, 0.1) is 0 Å². The van der Waals surface area contributed by atoms with E-state index in [1.807, 2.05) is 30.3 Å². The molecule has 0 aliphatic rings. The molecular formula is C23H22ClN3O. The first-order chi connectivity index (χ1) is 13.8. The summed E-state index contributed by atoms with van der Waals surface area (Å²) >= 11 is 6.01. The Kier molecular flexibility index (Phi) is 5.90. The number of aromatic nitrogens is 2. The van der Waals surface area contributed by atoms with Crippen molar-refractivity contribution < 1.29 is 4.74 Å². The molecule has 1 N–H and O–H groups in total. The van der Waals surface area contributed by atoms with Crippen LogP contribution in [0.4, 0.5) is 0 Å². The Morgan fingerprint density at radius 2 is 1.79 bits per heavy atom. The van der Waals surface area contributed by atoms with Crippen LogP contribution in [0.2, 0.25) is 5.02 Å². The van der Waals surface area contributed by atoms with Crippen LogP contribution in [0.15, 0.2) is 79.1 Å². The zero-order chi connectivity index (χ0) is 19.2. The molecule has 2 heterocycles. The number of fused-ring (bicyclic) bond motifs is 1. The molecule has 0 unspecified atom stereocenters. The molecule has 0 aliphatic carbocycles.